The molecule has 0 rings (SSSR count). The zero-order valence-electron chi connectivity index (χ0n) is 40.1. The van der Waals surface area contributed by atoms with Crippen LogP contribution in [0.5, 0.6) is 0 Å². The van der Waals surface area contributed by atoms with E-state index in [9.17, 15) is 24.0 Å². The topological polar surface area (TPSA) is 246 Å². The number of hydrogen-bond donors (Lipinski definition) is 5. The van der Waals surface area contributed by atoms with Gasteiger partial charge in [0.15, 0.2) is 0 Å². The van der Waals surface area contributed by atoms with Gasteiger partial charge in [-0.1, -0.05) is 17.8 Å². The highest BCUT2D eigenvalue weighted by atomic mass is 31.2. The van der Waals surface area contributed by atoms with Gasteiger partial charge in [0.1, 0.15) is 26.6 Å². The van der Waals surface area contributed by atoms with Crippen LogP contribution in [0.25, 0.3) is 0 Å². The van der Waals surface area contributed by atoms with Crippen LogP contribution in [-0.2, 0) is 61.4 Å². The Morgan fingerprint density at radius 3 is 1.31 bits per heavy atom. The fourth-order valence-electron chi connectivity index (χ4n) is 6.06. The number of nitriles is 1. The molecule has 0 aromatic heterocycles. The molecule has 1 unspecified atom stereocenters. The third kappa shape index (κ3) is 36.3. The van der Waals surface area contributed by atoms with Crippen LogP contribution in [0.15, 0.2) is 0 Å². The van der Waals surface area contributed by atoms with Gasteiger partial charge in [-0.05, 0) is 53.4 Å². The molecule has 0 spiro atoms. The average molecular weight is 966 g/mol. The number of carbonyl (C=O) groups excluding carboxylic acids is 5. The number of rotatable bonds is 44. The molecule has 0 aliphatic heterocycles. The molecule has 0 fully saturated rings. The van der Waals surface area contributed by atoms with Crippen LogP contribution >= 0.6 is 8.53 Å². The predicted octanol–water partition coefficient (Wildman–Crippen LogP) is 2.07. The molecule has 0 heterocycles. The summed E-state index contributed by atoms with van der Waals surface area (Å²) >= 11 is 0. The Morgan fingerprint density at radius 2 is 0.925 bits per heavy atom. The van der Waals surface area contributed by atoms with Crippen LogP contribution in [0.4, 0.5) is 0 Å². The minimum Gasteiger partial charge on any atom is -0.377 e. The van der Waals surface area contributed by atoms with Crippen LogP contribution in [0.1, 0.15) is 91.9 Å². The number of nitrogens with zero attached hydrogens (tertiary/aromatic N) is 2. The van der Waals surface area contributed by atoms with E-state index < -0.39 is 20.0 Å². The molecular formula is C46H76N7O13P. The molecular weight excluding hydrogens is 890 g/mol. The van der Waals surface area contributed by atoms with Gasteiger partial charge >= 0.3 is 0 Å². The zero-order valence-corrected chi connectivity index (χ0v) is 41.0. The summed E-state index contributed by atoms with van der Waals surface area (Å²) in [5, 5.41) is 23.1. The minimum atomic E-state index is -1.57. The molecule has 0 aliphatic rings. The van der Waals surface area contributed by atoms with E-state index in [2.05, 4.69) is 44.3 Å². The molecule has 1 atom stereocenters. The fraction of sp³-hybridized carbons (Fsp3) is 0.739. The van der Waals surface area contributed by atoms with E-state index in [0.717, 1.165) is 0 Å². The van der Waals surface area contributed by atoms with Gasteiger partial charge in [-0.15, -0.1) is 19.3 Å². The van der Waals surface area contributed by atoms with E-state index in [1.54, 1.807) is 0 Å². The highest BCUT2D eigenvalue weighted by Gasteiger charge is 2.34. The van der Waals surface area contributed by atoms with Crippen molar-refractivity contribution in [1.82, 2.24) is 31.3 Å². The maximum absolute atomic E-state index is 13.7. The van der Waals surface area contributed by atoms with Crippen molar-refractivity contribution in [3.8, 4) is 43.1 Å². The Labute approximate surface area is 400 Å². The summed E-state index contributed by atoms with van der Waals surface area (Å²) in [5.41, 5.74) is -1.18. The number of terminal acetylenes is 3. The molecule has 21 heteroatoms. The summed E-state index contributed by atoms with van der Waals surface area (Å²) in [7, 11) is -1.57. The first-order chi connectivity index (χ1) is 32.3. The lowest BCUT2D eigenvalue weighted by molar-refractivity contribution is -0.128. The van der Waals surface area contributed by atoms with E-state index >= 15 is 0 Å². The Hall–Kier alpha value is -4.41. The van der Waals surface area contributed by atoms with Gasteiger partial charge in [0.05, 0.1) is 78.6 Å². The number of amides is 5. The summed E-state index contributed by atoms with van der Waals surface area (Å²) in [4.78, 5) is 65.9. The Bertz CT molecular complexity index is 1430. The standard InChI is InChI=1S/C46H76N7O13P/c1-8-25-59-32-35-62-29-22-48-42(55)15-18-46(19-16-43(56)49-23-30-63-36-33-60-26-9-2,20-17-44(57)50-24-31-64-37-34-61-27-10-3)52-45(58)14-11-13-41(54)51-38-66-67(65-28-12-21-47)53(39(4)5)40(6)7/h1-3,39-40H,11-20,22-38H2,4-7H3,(H,48,55)(H,49,56)(H,50,57)(H,51,54)(H,52,58). The molecule has 0 bridgehead atoms. The van der Waals surface area contributed by atoms with Crippen molar-refractivity contribution < 1.29 is 61.4 Å². The monoisotopic (exact) mass is 966 g/mol. The van der Waals surface area contributed by atoms with Crippen molar-refractivity contribution in [1.29, 1.82) is 5.26 Å². The van der Waals surface area contributed by atoms with Gasteiger partial charge in [0, 0.05) is 69.4 Å². The van der Waals surface area contributed by atoms with E-state index in [1.165, 1.54) is 0 Å². The van der Waals surface area contributed by atoms with Crippen molar-refractivity contribution in [2.45, 2.75) is 110 Å². The maximum Gasteiger partial charge on any atom is 0.261 e. The summed E-state index contributed by atoms with van der Waals surface area (Å²) in [6.07, 6.45) is 16.0. The number of ether oxygens (including phenoxy) is 6. The van der Waals surface area contributed by atoms with E-state index in [4.69, 9.17) is 62.0 Å². The molecule has 0 aromatic rings. The second-order valence-electron chi connectivity index (χ2n) is 15.3. The smallest absolute Gasteiger partial charge is 0.261 e. The molecule has 67 heavy (non-hydrogen) atoms. The van der Waals surface area contributed by atoms with Crippen LogP contribution in [0, 0.1) is 48.4 Å². The van der Waals surface area contributed by atoms with E-state index in [1.807, 2.05) is 38.4 Å². The van der Waals surface area contributed by atoms with Gasteiger partial charge in [-0.2, -0.15) is 5.26 Å². The van der Waals surface area contributed by atoms with Crippen LogP contribution in [0.3, 0.4) is 0 Å². The zero-order chi connectivity index (χ0) is 49.8. The normalized spacial score (nSPS) is 11.6. The van der Waals surface area contributed by atoms with Crippen LogP contribution in [-0.4, -0.2) is 164 Å². The molecule has 0 aliphatic carbocycles. The summed E-state index contributed by atoms with van der Waals surface area (Å²) < 4.78 is 45.8. The summed E-state index contributed by atoms with van der Waals surface area (Å²) in [5.74, 6) is 5.35. The van der Waals surface area contributed by atoms with Crippen LogP contribution in [0.2, 0.25) is 0 Å². The average Bonchev–Trinajstić information content (AvgIpc) is 3.29. The van der Waals surface area contributed by atoms with Gasteiger partial charge in [0.25, 0.3) is 8.53 Å². The minimum absolute atomic E-state index is 0.00337. The first kappa shape index (κ1) is 62.6. The van der Waals surface area contributed by atoms with Gasteiger partial charge in [0.2, 0.25) is 29.5 Å². The third-order valence-corrected chi connectivity index (χ3v) is 11.2. The summed E-state index contributed by atoms with van der Waals surface area (Å²) in [6, 6.07) is 2.21. The lowest BCUT2D eigenvalue weighted by Gasteiger charge is -2.35. The number of nitrogens with one attached hydrogen (secondary N) is 5. The first-order valence-electron chi connectivity index (χ1n) is 22.7. The Kier molecular flexibility index (Phi) is 40.1. The van der Waals surface area contributed by atoms with Gasteiger partial charge in [-0.3, -0.25) is 24.0 Å². The molecule has 20 nitrogen and oxygen atoms in total. The predicted molar refractivity (Wildman–Crippen MR) is 252 cm³/mol. The van der Waals surface area contributed by atoms with E-state index in [0.29, 0.717) is 39.6 Å². The molecule has 5 amide bonds. The molecule has 0 saturated carbocycles. The second-order valence-corrected chi connectivity index (χ2v) is 16.7. The van der Waals surface area contributed by atoms with Gasteiger partial charge < -0.3 is 64.1 Å². The first-order valence-corrected chi connectivity index (χ1v) is 23.8. The molecule has 5 N–H and O–H groups in total. The highest BCUT2D eigenvalue weighted by Crippen LogP contribution is 2.45. The lowest BCUT2D eigenvalue weighted by atomic mass is 9.82. The quantitative estimate of drug-likeness (QED) is 0.0254. The second kappa shape index (κ2) is 42.9. The molecule has 0 saturated heterocycles. The van der Waals surface area contributed by atoms with Crippen molar-refractivity contribution in [2.24, 2.45) is 0 Å². The lowest BCUT2D eigenvalue weighted by Crippen LogP contribution is -2.50. The highest BCUT2D eigenvalue weighted by molar-refractivity contribution is 7.44. The van der Waals surface area contributed by atoms with E-state index in [-0.39, 0.29) is 173 Å². The third-order valence-electron chi connectivity index (χ3n) is 9.19. The molecule has 0 aromatic carbocycles. The largest absolute Gasteiger partial charge is 0.377 e. The SMILES string of the molecule is C#CCOCCOCCNC(=O)CCC(CCC(=O)NCCOCCOCC#C)(CCC(=O)NCCOCCOCC#C)NC(=O)CCCC(=O)NCOP(OCCC#N)N(C(C)C)C(C)C. The van der Waals surface area contributed by atoms with Crippen LogP contribution < -0.4 is 26.6 Å². The molecule has 378 valence electrons. The fourth-order valence-corrected chi connectivity index (χ4v) is 7.58. The van der Waals surface area contributed by atoms with Crippen molar-refractivity contribution in [3.63, 3.8) is 0 Å². The van der Waals surface area contributed by atoms with Crippen molar-refractivity contribution in [3.05, 3.63) is 0 Å². The number of hydrogen-bond acceptors (Lipinski definition) is 15. The Morgan fingerprint density at radius 1 is 0.537 bits per heavy atom. The summed E-state index contributed by atoms with van der Waals surface area (Å²) in [6.45, 7) is 11.7. The molecule has 0 radical (unpaired) electrons. The Balaban J connectivity index is 5.86. The van der Waals surface area contributed by atoms with Crippen molar-refractivity contribution in [2.75, 3.05) is 112 Å². The van der Waals surface area contributed by atoms with Gasteiger partial charge in [-0.25, -0.2) is 4.67 Å². The van der Waals surface area contributed by atoms with Crippen molar-refractivity contribution >= 4 is 38.1 Å². The number of carbonyl (C=O) groups is 5. The maximum atomic E-state index is 13.7.